The van der Waals surface area contributed by atoms with Gasteiger partial charge in [0.2, 0.25) is 0 Å². The maximum absolute atomic E-state index is 11.0. The number of hydrogen-bond acceptors (Lipinski definition) is 3. The van der Waals surface area contributed by atoms with Crippen LogP contribution in [0.15, 0.2) is 0 Å². The zero-order valence-corrected chi connectivity index (χ0v) is 7.64. The lowest BCUT2D eigenvalue weighted by Gasteiger charge is -2.34. The predicted molar refractivity (Wildman–Crippen MR) is 46.5 cm³/mol. The number of hydrogen-bond donors (Lipinski definition) is 3. The molecule has 2 rings (SSSR count). The Bertz CT molecular complexity index is 303. The third-order valence-electron chi connectivity index (χ3n) is 3.77. The third-order valence-corrected chi connectivity index (χ3v) is 3.77. The molecule has 2 saturated carbocycles. The maximum Gasteiger partial charge on any atom is 0.324 e. The van der Waals surface area contributed by atoms with Crippen molar-refractivity contribution >= 4 is 11.9 Å². The van der Waals surface area contributed by atoms with Gasteiger partial charge in [-0.2, -0.15) is 0 Å². The van der Waals surface area contributed by atoms with E-state index in [1.165, 1.54) is 0 Å². The Labute approximate surface area is 80.9 Å². The van der Waals surface area contributed by atoms with Crippen molar-refractivity contribution in [2.45, 2.75) is 24.8 Å². The van der Waals surface area contributed by atoms with Crippen molar-refractivity contribution in [3.05, 3.63) is 0 Å². The van der Waals surface area contributed by atoms with E-state index in [4.69, 9.17) is 15.9 Å². The van der Waals surface area contributed by atoms with E-state index in [2.05, 4.69) is 0 Å². The maximum atomic E-state index is 11.0. The van der Waals surface area contributed by atoms with Gasteiger partial charge in [-0.1, -0.05) is 0 Å². The van der Waals surface area contributed by atoms with Crippen LogP contribution in [-0.4, -0.2) is 27.7 Å². The van der Waals surface area contributed by atoms with Crippen LogP contribution in [-0.2, 0) is 9.59 Å². The lowest BCUT2D eigenvalue weighted by Crippen LogP contribution is -2.60. The van der Waals surface area contributed by atoms with E-state index in [0.29, 0.717) is 6.42 Å². The molecule has 0 radical (unpaired) electrons. The summed E-state index contributed by atoms with van der Waals surface area (Å²) in [5, 5.41) is 18.0. The molecule has 78 valence electrons. The molecule has 0 aromatic heterocycles. The summed E-state index contributed by atoms with van der Waals surface area (Å²) >= 11 is 0. The molecule has 2 bridgehead atoms. The summed E-state index contributed by atoms with van der Waals surface area (Å²) in [6, 6.07) is 0. The lowest BCUT2D eigenvalue weighted by molar-refractivity contribution is -0.158. The fourth-order valence-electron chi connectivity index (χ4n) is 3.11. The first-order chi connectivity index (χ1) is 6.48. The Morgan fingerprint density at radius 2 is 1.93 bits per heavy atom. The molecule has 0 unspecified atom stereocenters. The summed E-state index contributed by atoms with van der Waals surface area (Å²) < 4.78 is 0. The van der Waals surface area contributed by atoms with Crippen LogP contribution in [0.5, 0.6) is 0 Å². The summed E-state index contributed by atoms with van der Waals surface area (Å²) in [4.78, 5) is 22.0. The second kappa shape index (κ2) is 2.70. The van der Waals surface area contributed by atoms with Gasteiger partial charge in [-0.3, -0.25) is 9.59 Å². The molecule has 0 aromatic carbocycles. The molecule has 0 heterocycles. The molecular formula is C9H13NO4. The van der Waals surface area contributed by atoms with E-state index in [1.807, 2.05) is 0 Å². The molecule has 5 nitrogen and oxygen atoms in total. The van der Waals surface area contributed by atoms with Gasteiger partial charge in [0.15, 0.2) is 0 Å². The average molecular weight is 199 g/mol. The number of carbonyl (C=O) groups is 2. The molecule has 0 saturated heterocycles. The number of carboxylic acids is 2. The Balaban J connectivity index is 2.39. The molecule has 0 amide bonds. The van der Waals surface area contributed by atoms with Gasteiger partial charge in [-0.05, 0) is 31.1 Å². The summed E-state index contributed by atoms with van der Waals surface area (Å²) in [5.41, 5.74) is 4.22. The molecule has 2 aliphatic rings. The summed E-state index contributed by atoms with van der Waals surface area (Å²) in [5.74, 6) is -3.34. The Morgan fingerprint density at radius 3 is 2.36 bits per heavy atom. The smallest absolute Gasteiger partial charge is 0.324 e. The van der Waals surface area contributed by atoms with E-state index < -0.39 is 23.4 Å². The van der Waals surface area contributed by atoms with Crippen molar-refractivity contribution in [1.29, 1.82) is 0 Å². The standard InChI is InChI=1S/C9H13NO4/c10-9(8(13)14)5-2-1-4(3-5)6(9)7(11)12/h4-6H,1-3,10H2,(H,11,12)(H,13,14)/t4-,5+,6-,9-/m1/s1. The number of carboxylic acid groups (broad SMARTS) is 2. The molecule has 5 heteroatoms. The summed E-state index contributed by atoms with van der Waals surface area (Å²) in [6.45, 7) is 0. The van der Waals surface area contributed by atoms with Crippen LogP contribution in [0.3, 0.4) is 0 Å². The zero-order valence-electron chi connectivity index (χ0n) is 7.64. The normalized spacial score (nSPS) is 45.4. The average Bonchev–Trinajstić information content (AvgIpc) is 2.61. The van der Waals surface area contributed by atoms with Crippen LogP contribution in [0.25, 0.3) is 0 Å². The van der Waals surface area contributed by atoms with Crippen molar-refractivity contribution in [2.24, 2.45) is 23.5 Å². The van der Waals surface area contributed by atoms with E-state index in [0.717, 1.165) is 12.8 Å². The highest BCUT2D eigenvalue weighted by Crippen LogP contribution is 2.53. The van der Waals surface area contributed by atoms with Gasteiger partial charge in [0.1, 0.15) is 5.54 Å². The quantitative estimate of drug-likeness (QED) is 0.576. The minimum Gasteiger partial charge on any atom is -0.481 e. The second-order valence-corrected chi connectivity index (χ2v) is 4.32. The minimum absolute atomic E-state index is 0.0430. The predicted octanol–water partition coefficient (Wildman–Crippen LogP) is -0.101. The van der Waals surface area contributed by atoms with Crippen molar-refractivity contribution in [3.8, 4) is 0 Å². The monoisotopic (exact) mass is 199 g/mol. The second-order valence-electron chi connectivity index (χ2n) is 4.32. The highest BCUT2D eigenvalue weighted by atomic mass is 16.4. The van der Waals surface area contributed by atoms with E-state index >= 15 is 0 Å². The van der Waals surface area contributed by atoms with E-state index in [9.17, 15) is 9.59 Å². The first-order valence-electron chi connectivity index (χ1n) is 4.73. The first kappa shape index (κ1) is 9.45. The van der Waals surface area contributed by atoms with Gasteiger partial charge in [-0.25, -0.2) is 0 Å². The van der Waals surface area contributed by atoms with Crippen molar-refractivity contribution in [2.75, 3.05) is 0 Å². The fourth-order valence-corrected chi connectivity index (χ4v) is 3.11. The Morgan fingerprint density at radius 1 is 1.29 bits per heavy atom. The molecule has 4 N–H and O–H groups in total. The van der Waals surface area contributed by atoms with Crippen molar-refractivity contribution in [1.82, 2.24) is 0 Å². The van der Waals surface area contributed by atoms with E-state index in [1.54, 1.807) is 0 Å². The van der Waals surface area contributed by atoms with Crippen LogP contribution in [0.2, 0.25) is 0 Å². The Kier molecular flexibility index (Phi) is 1.82. The highest BCUT2D eigenvalue weighted by Gasteiger charge is 2.63. The highest BCUT2D eigenvalue weighted by molar-refractivity contribution is 5.88. The summed E-state index contributed by atoms with van der Waals surface area (Å²) in [6.07, 6.45) is 2.20. The molecular weight excluding hydrogens is 186 g/mol. The van der Waals surface area contributed by atoms with Gasteiger partial charge in [0, 0.05) is 0 Å². The fraction of sp³-hybridized carbons (Fsp3) is 0.778. The largest absolute Gasteiger partial charge is 0.481 e. The molecule has 0 aliphatic heterocycles. The first-order valence-corrected chi connectivity index (χ1v) is 4.73. The van der Waals surface area contributed by atoms with Crippen molar-refractivity contribution < 1.29 is 19.8 Å². The zero-order chi connectivity index (χ0) is 10.5. The van der Waals surface area contributed by atoms with Crippen LogP contribution < -0.4 is 5.73 Å². The van der Waals surface area contributed by atoms with Gasteiger partial charge in [-0.15, -0.1) is 0 Å². The molecule has 2 fully saturated rings. The minimum atomic E-state index is -1.53. The molecule has 4 atom stereocenters. The number of fused-ring (bicyclic) bond motifs is 2. The Hall–Kier alpha value is -1.10. The van der Waals surface area contributed by atoms with Gasteiger partial charge in [0.05, 0.1) is 5.92 Å². The lowest BCUT2D eigenvalue weighted by atomic mass is 9.73. The topological polar surface area (TPSA) is 101 Å². The number of nitrogens with two attached hydrogens (primary N) is 1. The van der Waals surface area contributed by atoms with Crippen LogP contribution in [0.1, 0.15) is 19.3 Å². The van der Waals surface area contributed by atoms with E-state index in [-0.39, 0.29) is 11.8 Å². The molecule has 0 spiro atoms. The van der Waals surface area contributed by atoms with Gasteiger partial charge < -0.3 is 15.9 Å². The molecule has 0 aromatic rings. The number of aliphatic carboxylic acids is 2. The van der Waals surface area contributed by atoms with Gasteiger partial charge >= 0.3 is 11.9 Å². The SMILES string of the molecule is N[C@]1(C(=O)O)[C@H]2CC[C@H](C2)[C@@H]1C(=O)O. The van der Waals surface area contributed by atoms with Crippen molar-refractivity contribution in [3.63, 3.8) is 0 Å². The molecule has 2 aliphatic carbocycles. The van der Waals surface area contributed by atoms with Gasteiger partial charge in [0.25, 0.3) is 0 Å². The van der Waals surface area contributed by atoms with Crippen LogP contribution in [0.4, 0.5) is 0 Å². The molecule has 14 heavy (non-hydrogen) atoms. The number of rotatable bonds is 2. The third kappa shape index (κ3) is 0.930. The van der Waals surface area contributed by atoms with Crippen LogP contribution in [0, 0.1) is 17.8 Å². The van der Waals surface area contributed by atoms with Crippen LogP contribution >= 0.6 is 0 Å². The summed E-state index contributed by atoms with van der Waals surface area (Å²) in [7, 11) is 0.